The van der Waals surface area contributed by atoms with Gasteiger partial charge in [-0.3, -0.25) is 4.79 Å². The first-order valence-electron chi connectivity index (χ1n) is 5.05. The summed E-state index contributed by atoms with van der Waals surface area (Å²) in [6, 6.07) is 17.1. The van der Waals surface area contributed by atoms with Gasteiger partial charge in [0.25, 0.3) is 0 Å². The lowest BCUT2D eigenvalue weighted by Gasteiger charge is -2.02. The van der Waals surface area contributed by atoms with Crippen LogP contribution in [0.15, 0.2) is 59.5 Å². The first kappa shape index (κ1) is 11.0. The highest BCUT2D eigenvalue weighted by Crippen LogP contribution is 2.18. The summed E-state index contributed by atoms with van der Waals surface area (Å²) < 4.78 is 0. The number of rotatable bonds is 3. The van der Waals surface area contributed by atoms with Gasteiger partial charge < -0.3 is 0 Å². The van der Waals surface area contributed by atoms with Crippen molar-refractivity contribution in [3.8, 4) is 0 Å². The number of carbonyl (C=O) groups is 1. The predicted octanol–water partition coefficient (Wildman–Crippen LogP) is 3.64. The smallest absolute Gasteiger partial charge is 0.193 e. The molecule has 0 unspecified atom stereocenters. The van der Waals surface area contributed by atoms with Crippen molar-refractivity contribution in [1.82, 2.24) is 0 Å². The lowest BCUT2D eigenvalue weighted by atomic mass is 10.0. The van der Waals surface area contributed by atoms with E-state index >= 15 is 0 Å². The fourth-order valence-corrected chi connectivity index (χ4v) is 1.98. The Morgan fingerprint density at radius 3 is 2.31 bits per heavy atom. The Morgan fingerprint density at radius 1 is 0.938 bits per heavy atom. The Bertz CT molecular complexity index is 491. The number of thioether (sulfide) groups is 1. The fraction of sp³-hybridized carbons (Fsp3) is 0.0714. The minimum Gasteiger partial charge on any atom is -0.289 e. The quantitative estimate of drug-likeness (QED) is 0.589. The van der Waals surface area contributed by atoms with Crippen LogP contribution < -0.4 is 0 Å². The minimum atomic E-state index is 0.0801. The van der Waals surface area contributed by atoms with Crippen molar-refractivity contribution in [3.05, 3.63) is 65.7 Å². The summed E-state index contributed by atoms with van der Waals surface area (Å²) >= 11 is 1.64. The Hall–Kier alpha value is -1.54. The molecular formula is C14H12OS. The zero-order valence-corrected chi connectivity index (χ0v) is 9.83. The SMILES string of the molecule is CSc1cccc(C(=O)c2ccccc2)c1. The molecule has 2 aromatic carbocycles. The fourth-order valence-electron chi connectivity index (χ4n) is 1.52. The van der Waals surface area contributed by atoms with Crippen LogP contribution in [0.3, 0.4) is 0 Å². The number of benzene rings is 2. The highest BCUT2D eigenvalue weighted by molar-refractivity contribution is 7.98. The van der Waals surface area contributed by atoms with Crippen LogP contribution in [0.2, 0.25) is 0 Å². The largest absolute Gasteiger partial charge is 0.289 e. The normalized spacial score (nSPS) is 10.1. The maximum atomic E-state index is 12.1. The van der Waals surface area contributed by atoms with Crippen molar-refractivity contribution in [1.29, 1.82) is 0 Å². The van der Waals surface area contributed by atoms with Gasteiger partial charge in [-0.15, -0.1) is 11.8 Å². The summed E-state index contributed by atoms with van der Waals surface area (Å²) in [5.74, 6) is 0.0801. The molecule has 0 amide bonds. The van der Waals surface area contributed by atoms with Crippen molar-refractivity contribution in [2.75, 3.05) is 6.26 Å². The second-order valence-electron chi connectivity index (χ2n) is 3.43. The van der Waals surface area contributed by atoms with Gasteiger partial charge in [-0.1, -0.05) is 42.5 Å². The molecule has 0 fully saturated rings. The number of carbonyl (C=O) groups excluding carboxylic acids is 1. The van der Waals surface area contributed by atoms with Crippen LogP contribution in [0.4, 0.5) is 0 Å². The summed E-state index contributed by atoms with van der Waals surface area (Å²) in [4.78, 5) is 13.2. The third kappa shape index (κ3) is 2.34. The average Bonchev–Trinajstić information content (AvgIpc) is 2.39. The molecule has 80 valence electrons. The van der Waals surface area contributed by atoms with E-state index in [0.29, 0.717) is 0 Å². The van der Waals surface area contributed by atoms with E-state index in [-0.39, 0.29) is 5.78 Å². The number of ketones is 1. The molecule has 2 heteroatoms. The molecule has 0 saturated heterocycles. The molecular weight excluding hydrogens is 216 g/mol. The van der Waals surface area contributed by atoms with E-state index in [0.717, 1.165) is 16.0 Å². The molecule has 0 saturated carbocycles. The van der Waals surface area contributed by atoms with Crippen LogP contribution in [0.1, 0.15) is 15.9 Å². The van der Waals surface area contributed by atoms with Crippen molar-refractivity contribution in [3.63, 3.8) is 0 Å². The van der Waals surface area contributed by atoms with Gasteiger partial charge in [0.05, 0.1) is 0 Å². The summed E-state index contributed by atoms with van der Waals surface area (Å²) in [7, 11) is 0. The standard InChI is InChI=1S/C14H12OS/c1-16-13-9-5-8-12(10-13)14(15)11-6-3-2-4-7-11/h2-10H,1H3. The van der Waals surface area contributed by atoms with Gasteiger partial charge >= 0.3 is 0 Å². The van der Waals surface area contributed by atoms with E-state index in [1.807, 2.05) is 60.9 Å². The van der Waals surface area contributed by atoms with Crippen LogP contribution >= 0.6 is 11.8 Å². The zero-order valence-electron chi connectivity index (χ0n) is 9.01. The minimum absolute atomic E-state index is 0.0801. The van der Waals surface area contributed by atoms with Gasteiger partial charge in [0.2, 0.25) is 0 Å². The lowest BCUT2D eigenvalue weighted by Crippen LogP contribution is -2.00. The molecule has 2 aromatic rings. The topological polar surface area (TPSA) is 17.1 Å². The predicted molar refractivity (Wildman–Crippen MR) is 68.1 cm³/mol. The molecule has 0 atom stereocenters. The molecule has 1 nitrogen and oxygen atoms in total. The molecule has 2 rings (SSSR count). The summed E-state index contributed by atoms with van der Waals surface area (Å²) in [5, 5.41) is 0. The Morgan fingerprint density at radius 2 is 1.62 bits per heavy atom. The second-order valence-corrected chi connectivity index (χ2v) is 4.31. The number of hydrogen-bond donors (Lipinski definition) is 0. The first-order chi connectivity index (χ1) is 7.81. The lowest BCUT2D eigenvalue weighted by molar-refractivity contribution is 0.103. The maximum absolute atomic E-state index is 12.1. The van der Waals surface area contributed by atoms with E-state index in [2.05, 4.69) is 0 Å². The number of hydrogen-bond acceptors (Lipinski definition) is 2. The van der Waals surface area contributed by atoms with Crippen LogP contribution in [0.25, 0.3) is 0 Å². The van der Waals surface area contributed by atoms with E-state index in [1.165, 1.54) is 0 Å². The average molecular weight is 228 g/mol. The third-order valence-corrected chi connectivity index (χ3v) is 3.09. The van der Waals surface area contributed by atoms with Crippen molar-refractivity contribution < 1.29 is 4.79 Å². The van der Waals surface area contributed by atoms with E-state index in [9.17, 15) is 4.79 Å². The third-order valence-electron chi connectivity index (χ3n) is 2.37. The molecule has 0 aliphatic heterocycles. The van der Waals surface area contributed by atoms with Crippen LogP contribution in [-0.2, 0) is 0 Å². The molecule has 16 heavy (non-hydrogen) atoms. The van der Waals surface area contributed by atoms with Gasteiger partial charge in [0.15, 0.2) is 5.78 Å². The first-order valence-corrected chi connectivity index (χ1v) is 6.27. The van der Waals surface area contributed by atoms with E-state index in [1.54, 1.807) is 11.8 Å². The Kier molecular flexibility index (Phi) is 3.42. The maximum Gasteiger partial charge on any atom is 0.193 e. The Balaban J connectivity index is 2.34. The highest BCUT2D eigenvalue weighted by Gasteiger charge is 2.08. The van der Waals surface area contributed by atoms with Crippen LogP contribution in [-0.4, -0.2) is 12.0 Å². The highest BCUT2D eigenvalue weighted by atomic mass is 32.2. The van der Waals surface area contributed by atoms with Crippen LogP contribution in [0, 0.1) is 0 Å². The molecule has 0 aromatic heterocycles. The van der Waals surface area contributed by atoms with Crippen molar-refractivity contribution >= 4 is 17.5 Å². The summed E-state index contributed by atoms with van der Waals surface area (Å²) in [6.45, 7) is 0. The van der Waals surface area contributed by atoms with Gasteiger partial charge in [-0.2, -0.15) is 0 Å². The van der Waals surface area contributed by atoms with Crippen LogP contribution in [0.5, 0.6) is 0 Å². The van der Waals surface area contributed by atoms with Gasteiger partial charge in [0.1, 0.15) is 0 Å². The Labute approximate surface area is 99.5 Å². The van der Waals surface area contributed by atoms with E-state index < -0.39 is 0 Å². The molecule has 0 bridgehead atoms. The van der Waals surface area contributed by atoms with E-state index in [4.69, 9.17) is 0 Å². The monoisotopic (exact) mass is 228 g/mol. The summed E-state index contributed by atoms with van der Waals surface area (Å²) in [5.41, 5.74) is 1.49. The molecule has 0 heterocycles. The zero-order chi connectivity index (χ0) is 11.4. The van der Waals surface area contributed by atoms with Gasteiger partial charge in [-0.05, 0) is 18.4 Å². The molecule has 0 aliphatic rings. The molecule has 0 radical (unpaired) electrons. The summed E-state index contributed by atoms with van der Waals surface area (Å²) in [6.07, 6.45) is 2.01. The van der Waals surface area contributed by atoms with Gasteiger partial charge in [0, 0.05) is 16.0 Å². The van der Waals surface area contributed by atoms with Gasteiger partial charge in [-0.25, -0.2) is 0 Å². The molecule has 0 spiro atoms. The molecule has 0 aliphatic carbocycles. The van der Waals surface area contributed by atoms with Crippen molar-refractivity contribution in [2.45, 2.75) is 4.90 Å². The molecule has 0 N–H and O–H groups in total. The second kappa shape index (κ2) is 4.99. The van der Waals surface area contributed by atoms with Crippen molar-refractivity contribution in [2.24, 2.45) is 0 Å².